The lowest BCUT2D eigenvalue weighted by atomic mass is 9.94. The maximum absolute atomic E-state index is 13.7. The first-order chi connectivity index (χ1) is 10.7. The molecule has 1 aromatic carbocycles. The van der Waals surface area contributed by atoms with Crippen LogP contribution in [0.1, 0.15) is 36.4 Å². The molecule has 22 heavy (non-hydrogen) atoms. The standard InChI is InChI=1S/C18H23FN2O/c1-21-7-2-3-14(21)10-16-15-9-13(19)4-5-17(15)20-18(16)12-6-8-22-11-12/h4-5,9,12,14,20H,2-3,6-8,10-11H2,1H3/t12-,14+/m0/s1. The molecule has 0 amide bonds. The van der Waals surface area contributed by atoms with Crippen LogP contribution < -0.4 is 0 Å². The van der Waals surface area contributed by atoms with Gasteiger partial charge < -0.3 is 14.6 Å². The van der Waals surface area contributed by atoms with Gasteiger partial charge in [0.15, 0.2) is 0 Å². The molecule has 118 valence electrons. The minimum atomic E-state index is -0.151. The molecule has 1 aromatic heterocycles. The second-order valence-electron chi connectivity index (χ2n) is 6.75. The Morgan fingerprint density at radius 3 is 3.00 bits per heavy atom. The first-order valence-corrected chi connectivity index (χ1v) is 8.30. The number of fused-ring (bicyclic) bond motifs is 1. The second kappa shape index (κ2) is 5.67. The van der Waals surface area contributed by atoms with Gasteiger partial charge in [-0.25, -0.2) is 4.39 Å². The van der Waals surface area contributed by atoms with Crippen molar-refractivity contribution in [2.75, 3.05) is 26.8 Å². The van der Waals surface area contributed by atoms with E-state index in [9.17, 15) is 4.39 Å². The predicted octanol–water partition coefficient (Wildman–Crippen LogP) is 3.45. The number of H-pyrrole nitrogens is 1. The summed E-state index contributed by atoms with van der Waals surface area (Å²) in [5.41, 5.74) is 3.64. The number of aromatic amines is 1. The van der Waals surface area contributed by atoms with Gasteiger partial charge in [0, 0.05) is 35.2 Å². The number of hydrogen-bond donors (Lipinski definition) is 1. The highest BCUT2D eigenvalue weighted by Gasteiger charge is 2.28. The Labute approximate surface area is 130 Å². The van der Waals surface area contributed by atoms with E-state index in [2.05, 4.69) is 16.9 Å². The summed E-state index contributed by atoms with van der Waals surface area (Å²) >= 11 is 0. The number of halogens is 1. The van der Waals surface area contributed by atoms with Crippen LogP contribution in [0.5, 0.6) is 0 Å². The van der Waals surface area contributed by atoms with Crippen LogP contribution in [-0.4, -0.2) is 42.7 Å². The van der Waals surface area contributed by atoms with Gasteiger partial charge in [-0.3, -0.25) is 0 Å². The zero-order valence-electron chi connectivity index (χ0n) is 13.1. The molecule has 0 spiro atoms. The molecule has 0 aliphatic carbocycles. The summed E-state index contributed by atoms with van der Waals surface area (Å²) in [5.74, 6) is 0.277. The highest BCUT2D eigenvalue weighted by Crippen LogP contribution is 2.35. The molecular weight excluding hydrogens is 279 g/mol. The predicted molar refractivity (Wildman–Crippen MR) is 85.8 cm³/mol. The normalized spacial score (nSPS) is 26.3. The quantitative estimate of drug-likeness (QED) is 0.940. The van der Waals surface area contributed by atoms with E-state index >= 15 is 0 Å². The average molecular weight is 302 g/mol. The molecule has 0 unspecified atom stereocenters. The summed E-state index contributed by atoms with van der Waals surface area (Å²) in [5, 5.41) is 1.06. The zero-order chi connectivity index (χ0) is 15.1. The number of likely N-dealkylation sites (tertiary alicyclic amines) is 1. The van der Waals surface area contributed by atoms with E-state index in [0.717, 1.165) is 37.0 Å². The fourth-order valence-electron chi connectivity index (χ4n) is 4.04. The summed E-state index contributed by atoms with van der Waals surface area (Å²) in [6.07, 6.45) is 4.56. The summed E-state index contributed by atoms with van der Waals surface area (Å²) in [4.78, 5) is 5.99. The Morgan fingerprint density at radius 1 is 1.36 bits per heavy atom. The Bertz CT molecular complexity index is 675. The number of likely N-dealkylation sites (N-methyl/N-ethyl adjacent to an activating group) is 1. The van der Waals surface area contributed by atoms with E-state index in [1.807, 2.05) is 6.07 Å². The van der Waals surface area contributed by atoms with Crippen molar-refractivity contribution >= 4 is 10.9 Å². The van der Waals surface area contributed by atoms with Crippen LogP contribution in [0.4, 0.5) is 4.39 Å². The van der Waals surface area contributed by atoms with Gasteiger partial charge in [0.25, 0.3) is 0 Å². The van der Waals surface area contributed by atoms with Crippen molar-refractivity contribution in [3.05, 3.63) is 35.3 Å². The fraction of sp³-hybridized carbons (Fsp3) is 0.556. The number of ether oxygens (including phenoxy) is 1. The van der Waals surface area contributed by atoms with Gasteiger partial charge in [0.05, 0.1) is 6.61 Å². The molecule has 2 saturated heterocycles. The van der Waals surface area contributed by atoms with Crippen molar-refractivity contribution in [3.63, 3.8) is 0 Å². The summed E-state index contributed by atoms with van der Waals surface area (Å²) < 4.78 is 19.3. The van der Waals surface area contributed by atoms with Crippen LogP contribution in [-0.2, 0) is 11.2 Å². The van der Waals surface area contributed by atoms with Crippen LogP contribution >= 0.6 is 0 Å². The monoisotopic (exact) mass is 302 g/mol. The zero-order valence-corrected chi connectivity index (χ0v) is 13.1. The second-order valence-corrected chi connectivity index (χ2v) is 6.75. The third kappa shape index (κ3) is 2.44. The van der Waals surface area contributed by atoms with Crippen LogP contribution in [0.15, 0.2) is 18.2 Å². The molecule has 2 aliphatic rings. The number of benzene rings is 1. The van der Waals surface area contributed by atoms with Gasteiger partial charge >= 0.3 is 0 Å². The van der Waals surface area contributed by atoms with Crippen LogP contribution in [0.3, 0.4) is 0 Å². The molecule has 3 heterocycles. The molecule has 3 nitrogen and oxygen atoms in total. The first-order valence-electron chi connectivity index (χ1n) is 8.30. The highest BCUT2D eigenvalue weighted by molar-refractivity contribution is 5.85. The molecule has 2 atom stereocenters. The number of rotatable bonds is 3. The van der Waals surface area contributed by atoms with E-state index in [-0.39, 0.29) is 5.82 Å². The average Bonchev–Trinajstić information content (AvgIpc) is 3.21. The maximum Gasteiger partial charge on any atom is 0.123 e. The SMILES string of the molecule is CN1CCC[C@@H]1Cc1c([C@H]2CCOC2)[nH]c2ccc(F)cc12. The van der Waals surface area contributed by atoms with E-state index < -0.39 is 0 Å². The largest absolute Gasteiger partial charge is 0.381 e. The van der Waals surface area contributed by atoms with Crippen molar-refractivity contribution in [1.82, 2.24) is 9.88 Å². The minimum Gasteiger partial charge on any atom is -0.381 e. The van der Waals surface area contributed by atoms with Crippen LogP contribution in [0.25, 0.3) is 10.9 Å². The lowest BCUT2D eigenvalue weighted by Crippen LogP contribution is -2.27. The molecule has 2 aliphatic heterocycles. The summed E-state index contributed by atoms with van der Waals surface area (Å²) in [6.45, 7) is 2.78. The molecule has 2 fully saturated rings. The van der Waals surface area contributed by atoms with Crippen molar-refractivity contribution < 1.29 is 9.13 Å². The summed E-state index contributed by atoms with van der Waals surface area (Å²) in [7, 11) is 2.20. The van der Waals surface area contributed by atoms with Crippen molar-refractivity contribution in [2.24, 2.45) is 0 Å². The number of aromatic nitrogens is 1. The highest BCUT2D eigenvalue weighted by atomic mass is 19.1. The van der Waals surface area contributed by atoms with Crippen molar-refractivity contribution in [3.8, 4) is 0 Å². The van der Waals surface area contributed by atoms with Gasteiger partial charge in [-0.2, -0.15) is 0 Å². The van der Waals surface area contributed by atoms with Crippen LogP contribution in [0.2, 0.25) is 0 Å². The molecule has 4 heteroatoms. The fourth-order valence-corrected chi connectivity index (χ4v) is 4.04. The molecule has 0 saturated carbocycles. The Kier molecular flexibility index (Phi) is 3.66. The van der Waals surface area contributed by atoms with Gasteiger partial charge in [-0.15, -0.1) is 0 Å². The Morgan fingerprint density at radius 2 is 2.27 bits per heavy atom. The van der Waals surface area contributed by atoms with E-state index in [1.165, 1.54) is 30.6 Å². The Balaban J connectivity index is 1.77. The topological polar surface area (TPSA) is 28.3 Å². The number of nitrogens with one attached hydrogen (secondary N) is 1. The number of hydrogen-bond acceptors (Lipinski definition) is 2. The third-order valence-electron chi connectivity index (χ3n) is 5.35. The van der Waals surface area contributed by atoms with E-state index in [4.69, 9.17) is 4.74 Å². The van der Waals surface area contributed by atoms with Crippen LogP contribution in [0, 0.1) is 5.82 Å². The maximum atomic E-state index is 13.7. The van der Waals surface area contributed by atoms with Crippen molar-refractivity contribution in [2.45, 2.75) is 37.6 Å². The Hall–Kier alpha value is -1.39. The number of nitrogens with zero attached hydrogens (tertiary/aromatic N) is 1. The van der Waals surface area contributed by atoms with E-state index in [1.54, 1.807) is 12.1 Å². The third-order valence-corrected chi connectivity index (χ3v) is 5.35. The lowest BCUT2D eigenvalue weighted by Gasteiger charge is -2.20. The van der Waals surface area contributed by atoms with Gasteiger partial charge in [-0.05, 0) is 63.0 Å². The molecule has 4 rings (SSSR count). The minimum absolute atomic E-state index is 0.151. The van der Waals surface area contributed by atoms with Crippen molar-refractivity contribution in [1.29, 1.82) is 0 Å². The lowest BCUT2D eigenvalue weighted by molar-refractivity contribution is 0.193. The molecule has 0 bridgehead atoms. The van der Waals surface area contributed by atoms with E-state index in [0.29, 0.717) is 12.0 Å². The van der Waals surface area contributed by atoms with Gasteiger partial charge in [0.2, 0.25) is 0 Å². The molecule has 2 aromatic rings. The summed E-state index contributed by atoms with van der Waals surface area (Å²) in [6, 6.07) is 5.67. The molecular formula is C18H23FN2O. The van der Waals surface area contributed by atoms with Gasteiger partial charge in [-0.1, -0.05) is 0 Å². The molecule has 0 radical (unpaired) electrons. The molecule has 1 N–H and O–H groups in total. The first kappa shape index (κ1) is 14.2. The smallest absolute Gasteiger partial charge is 0.123 e. The van der Waals surface area contributed by atoms with Gasteiger partial charge in [0.1, 0.15) is 5.82 Å².